The van der Waals surface area contributed by atoms with Gasteiger partial charge in [0.25, 0.3) is 0 Å². The lowest BCUT2D eigenvalue weighted by Gasteiger charge is -2.34. The van der Waals surface area contributed by atoms with Gasteiger partial charge >= 0.3 is 0 Å². The van der Waals surface area contributed by atoms with Crippen molar-refractivity contribution < 1.29 is 4.79 Å². The van der Waals surface area contributed by atoms with Crippen LogP contribution in [-0.4, -0.2) is 52.5 Å². The van der Waals surface area contributed by atoms with Gasteiger partial charge in [-0.15, -0.1) is 0 Å². The van der Waals surface area contributed by atoms with Gasteiger partial charge in [0.15, 0.2) is 11.6 Å². The number of hydrogen-bond donors (Lipinski definition) is 1. The molecule has 1 atom stereocenters. The Morgan fingerprint density at radius 1 is 1.17 bits per heavy atom. The minimum atomic E-state index is 0.465. The predicted octanol–water partition coefficient (Wildman–Crippen LogP) is 2.78. The Hall–Kier alpha value is -3.55. The summed E-state index contributed by atoms with van der Waals surface area (Å²) in [5.41, 5.74) is 4.50. The van der Waals surface area contributed by atoms with Crippen LogP contribution in [0.5, 0.6) is 0 Å². The average Bonchev–Trinajstić information content (AvgIpc) is 3.25. The number of carbonyl (C=O) groups is 1. The maximum Gasteiger partial charge on any atom is 0.212 e. The molecule has 0 saturated carbocycles. The highest BCUT2D eigenvalue weighted by atomic mass is 16.1. The first-order valence-electron chi connectivity index (χ1n) is 10.1. The van der Waals surface area contributed by atoms with E-state index in [2.05, 4.69) is 68.3 Å². The largest absolute Gasteiger partial charge is 0.366 e. The van der Waals surface area contributed by atoms with Crippen LogP contribution in [0.25, 0.3) is 11.3 Å². The number of pyridine rings is 2. The van der Waals surface area contributed by atoms with Crippen LogP contribution in [0.2, 0.25) is 0 Å². The summed E-state index contributed by atoms with van der Waals surface area (Å²) in [6.45, 7) is 4.41. The summed E-state index contributed by atoms with van der Waals surface area (Å²) in [5, 5.41) is 2.35. The molecular weight excluding hydrogens is 378 g/mol. The molecule has 8 nitrogen and oxygen atoms in total. The second-order valence-corrected chi connectivity index (χ2v) is 7.28. The molecule has 2 bridgehead atoms. The van der Waals surface area contributed by atoms with Crippen molar-refractivity contribution in [2.75, 3.05) is 35.3 Å². The molecule has 5 rings (SSSR count). The summed E-state index contributed by atoms with van der Waals surface area (Å²) in [5.74, 6) is 1.58. The van der Waals surface area contributed by atoms with Crippen molar-refractivity contribution in [3.8, 4) is 11.3 Å². The Morgan fingerprint density at radius 3 is 2.77 bits per heavy atom. The summed E-state index contributed by atoms with van der Waals surface area (Å²) >= 11 is 0. The first-order chi connectivity index (χ1) is 14.7. The number of nitrogens with zero attached hydrogens (tertiary/aromatic N) is 6. The lowest BCUT2D eigenvalue weighted by atomic mass is 10.1. The molecule has 1 unspecified atom stereocenters. The van der Waals surface area contributed by atoms with Crippen molar-refractivity contribution in [2.24, 2.45) is 0 Å². The van der Waals surface area contributed by atoms with Crippen LogP contribution >= 0.6 is 0 Å². The molecule has 154 valence electrons. The normalized spacial score (nSPS) is 16.4. The van der Waals surface area contributed by atoms with Crippen LogP contribution in [0, 0.1) is 0 Å². The fraction of sp³-hybridized carbons (Fsp3) is 0.318. The van der Waals surface area contributed by atoms with E-state index in [0.29, 0.717) is 18.3 Å². The number of nitrogens with one attached hydrogen (secondary N) is 1. The molecule has 1 amide bonds. The van der Waals surface area contributed by atoms with Crippen molar-refractivity contribution >= 4 is 23.7 Å². The molecule has 0 aromatic carbocycles. The lowest BCUT2D eigenvalue weighted by molar-refractivity contribution is -0.105. The second kappa shape index (κ2) is 8.86. The molecule has 8 heteroatoms. The summed E-state index contributed by atoms with van der Waals surface area (Å²) in [7, 11) is 2.17. The number of anilines is 3. The Balaban J connectivity index is 0.000000204. The van der Waals surface area contributed by atoms with Gasteiger partial charge in [0.05, 0.1) is 17.6 Å². The lowest BCUT2D eigenvalue weighted by Crippen LogP contribution is -2.40. The Kier molecular flexibility index (Phi) is 5.83. The van der Waals surface area contributed by atoms with E-state index in [4.69, 9.17) is 4.98 Å². The molecule has 0 aliphatic carbocycles. The standard InChI is InChI=1S/C17H20N4.C5H5N3O/c1-3-13-5-4-12(10-18-13)15-6-7-16-17(19-15)20(2)14-8-9-21(16)11-14;9-4-8-5-3-6-1-2-7-5/h4-7,10,14H,3,8-9,11H2,1-2H3;1-4H,(H,7,8,9). The number of likely N-dealkylation sites (N-methyl/N-ethyl adjacent to an activating group) is 1. The Bertz CT molecular complexity index is 994. The van der Waals surface area contributed by atoms with Gasteiger partial charge < -0.3 is 15.1 Å². The maximum atomic E-state index is 9.80. The fourth-order valence-corrected chi connectivity index (χ4v) is 3.78. The Labute approximate surface area is 176 Å². The van der Waals surface area contributed by atoms with Crippen LogP contribution in [0.1, 0.15) is 19.0 Å². The van der Waals surface area contributed by atoms with Crippen molar-refractivity contribution in [3.05, 3.63) is 54.7 Å². The highest BCUT2D eigenvalue weighted by molar-refractivity contribution is 5.75. The summed E-state index contributed by atoms with van der Waals surface area (Å²) in [4.78, 5) is 31.5. The quantitative estimate of drug-likeness (QED) is 0.670. The van der Waals surface area contributed by atoms with E-state index in [1.807, 2.05) is 6.20 Å². The third-order valence-electron chi connectivity index (χ3n) is 5.49. The zero-order valence-electron chi connectivity index (χ0n) is 17.2. The van der Waals surface area contributed by atoms with Gasteiger partial charge in [-0.25, -0.2) is 9.97 Å². The van der Waals surface area contributed by atoms with Crippen LogP contribution < -0.4 is 15.1 Å². The van der Waals surface area contributed by atoms with Gasteiger partial charge in [0.1, 0.15) is 0 Å². The molecule has 30 heavy (non-hydrogen) atoms. The van der Waals surface area contributed by atoms with Gasteiger partial charge in [-0.2, -0.15) is 0 Å². The highest BCUT2D eigenvalue weighted by Gasteiger charge is 2.34. The van der Waals surface area contributed by atoms with E-state index in [1.165, 1.54) is 30.7 Å². The van der Waals surface area contributed by atoms with Crippen LogP contribution in [0.4, 0.5) is 17.3 Å². The minimum absolute atomic E-state index is 0.465. The fourth-order valence-electron chi connectivity index (χ4n) is 3.78. The summed E-state index contributed by atoms with van der Waals surface area (Å²) in [6.07, 6.45) is 9.21. The van der Waals surface area contributed by atoms with E-state index in [1.54, 1.807) is 0 Å². The molecule has 3 aromatic rings. The number of carbonyl (C=O) groups excluding carboxylic acids is 1. The third-order valence-corrected chi connectivity index (χ3v) is 5.49. The first kappa shape index (κ1) is 19.8. The number of fused-ring (bicyclic) bond motifs is 4. The van der Waals surface area contributed by atoms with Crippen molar-refractivity contribution in [1.29, 1.82) is 0 Å². The van der Waals surface area contributed by atoms with E-state index >= 15 is 0 Å². The molecule has 1 saturated heterocycles. The number of amides is 1. The first-order valence-corrected chi connectivity index (χ1v) is 10.1. The molecule has 0 spiro atoms. The SMILES string of the molecule is CCc1ccc(-c2ccc3c(n2)N(C)C2CCN3C2)cn1.O=CNc1cnccn1. The molecule has 1 N–H and O–H groups in total. The van der Waals surface area contributed by atoms with Crippen molar-refractivity contribution in [2.45, 2.75) is 25.8 Å². The molecule has 3 aromatic heterocycles. The van der Waals surface area contributed by atoms with E-state index in [9.17, 15) is 4.79 Å². The molecule has 0 radical (unpaired) electrons. The second-order valence-electron chi connectivity index (χ2n) is 7.28. The van der Waals surface area contributed by atoms with Crippen molar-refractivity contribution in [1.82, 2.24) is 19.9 Å². The van der Waals surface area contributed by atoms with Crippen LogP contribution in [0.3, 0.4) is 0 Å². The number of hydrogen-bond acceptors (Lipinski definition) is 7. The molecule has 5 heterocycles. The van der Waals surface area contributed by atoms with E-state index < -0.39 is 0 Å². The van der Waals surface area contributed by atoms with Gasteiger partial charge in [-0.05, 0) is 37.1 Å². The van der Waals surface area contributed by atoms with E-state index in [-0.39, 0.29) is 0 Å². The molecule has 2 aliphatic heterocycles. The van der Waals surface area contributed by atoms with E-state index in [0.717, 1.165) is 42.3 Å². The van der Waals surface area contributed by atoms with Crippen molar-refractivity contribution in [3.63, 3.8) is 0 Å². The number of aromatic nitrogens is 4. The molecular formula is C22H25N7O. The number of aryl methyl sites for hydroxylation is 1. The van der Waals surface area contributed by atoms with Gasteiger partial charge in [0, 0.05) is 56.0 Å². The van der Waals surface area contributed by atoms with Gasteiger partial charge in [-0.3, -0.25) is 14.8 Å². The third kappa shape index (κ3) is 4.07. The molecule has 2 aliphatic rings. The topological polar surface area (TPSA) is 87.1 Å². The zero-order valence-corrected chi connectivity index (χ0v) is 17.2. The summed E-state index contributed by atoms with van der Waals surface area (Å²) < 4.78 is 0. The van der Waals surface area contributed by atoms with Gasteiger partial charge in [0.2, 0.25) is 6.41 Å². The highest BCUT2D eigenvalue weighted by Crippen LogP contribution is 2.38. The van der Waals surface area contributed by atoms with Gasteiger partial charge in [-0.1, -0.05) is 6.92 Å². The number of rotatable bonds is 4. The minimum Gasteiger partial charge on any atom is -0.366 e. The maximum absolute atomic E-state index is 9.80. The monoisotopic (exact) mass is 403 g/mol. The zero-order chi connectivity index (χ0) is 20.9. The smallest absolute Gasteiger partial charge is 0.212 e. The average molecular weight is 403 g/mol. The molecule has 1 fully saturated rings. The van der Waals surface area contributed by atoms with Crippen LogP contribution in [-0.2, 0) is 11.2 Å². The Morgan fingerprint density at radius 2 is 2.07 bits per heavy atom. The predicted molar refractivity (Wildman–Crippen MR) is 118 cm³/mol. The summed E-state index contributed by atoms with van der Waals surface area (Å²) in [6, 6.07) is 9.16. The van der Waals surface area contributed by atoms with Crippen LogP contribution in [0.15, 0.2) is 49.1 Å².